The third kappa shape index (κ3) is 3.79. The summed E-state index contributed by atoms with van der Waals surface area (Å²) in [6.07, 6.45) is -1.46. The van der Waals surface area contributed by atoms with Crippen LogP contribution in [0.2, 0.25) is 0 Å². The predicted octanol–water partition coefficient (Wildman–Crippen LogP) is -1.37. The van der Waals surface area contributed by atoms with Crippen LogP contribution in [0.3, 0.4) is 0 Å². The molecule has 0 saturated heterocycles. The first-order chi connectivity index (χ1) is 4.52. The van der Waals surface area contributed by atoms with Gasteiger partial charge in [-0.2, -0.15) is 0 Å². The van der Waals surface area contributed by atoms with Gasteiger partial charge in [0.15, 0.2) is 5.79 Å². The number of aliphatic hydroxyl groups excluding tert-OH is 2. The Morgan fingerprint density at radius 1 is 1.40 bits per heavy atom. The highest BCUT2D eigenvalue weighted by atomic mass is 16.5. The van der Waals surface area contributed by atoms with Gasteiger partial charge in [0.25, 0.3) is 0 Å². The minimum atomic E-state index is -1.96. The molecule has 61 valence electrons. The molecule has 0 rings (SSSR count). The Labute approximate surface area is 59.7 Å². The van der Waals surface area contributed by atoms with Crippen molar-refractivity contribution in [3.05, 3.63) is 6.92 Å². The van der Waals surface area contributed by atoms with Crippen LogP contribution < -0.4 is 0 Å². The standard InChI is InChI=1S/C6H13O4/c1-2-6(9,10)3-5(8)4-7/h5,7-10H,1-4H2. The zero-order valence-corrected chi connectivity index (χ0v) is 5.69. The maximum atomic E-state index is 8.85. The third-order valence-corrected chi connectivity index (χ3v) is 1.17. The van der Waals surface area contributed by atoms with Gasteiger partial charge in [-0.05, 0) is 6.92 Å². The number of aliphatic hydroxyl groups is 4. The van der Waals surface area contributed by atoms with Crippen molar-refractivity contribution >= 4 is 0 Å². The summed E-state index contributed by atoms with van der Waals surface area (Å²) in [6.45, 7) is 2.78. The second kappa shape index (κ2) is 3.88. The molecule has 0 aromatic rings. The summed E-state index contributed by atoms with van der Waals surface area (Å²) in [5, 5.41) is 34.7. The van der Waals surface area contributed by atoms with Gasteiger partial charge in [-0.3, -0.25) is 0 Å². The molecule has 0 aliphatic heterocycles. The van der Waals surface area contributed by atoms with Gasteiger partial charge < -0.3 is 20.4 Å². The van der Waals surface area contributed by atoms with Crippen LogP contribution in [0.4, 0.5) is 0 Å². The molecule has 1 radical (unpaired) electrons. The maximum Gasteiger partial charge on any atom is 0.165 e. The molecule has 0 fully saturated rings. The van der Waals surface area contributed by atoms with Gasteiger partial charge in [0.05, 0.1) is 12.7 Å². The Hall–Kier alpha value is -0.160. The Morgan fingerprint density at radius 3 is 2.20 bits per heavy atom. The number of hydrogen-bond acceptors (Lipinski definition) is 4. The monoisotopic (exact) mass is 149 g/mol. The minimum Gasteiger partial charge on any atom is -0.394 e. The normalized spacial score (nSPS) is 15.3. The lowest BCUT2D eigenvalue weighted by Crippen LogP contribution is -2.33. The van der Waals surface area contributed by atoms with Crippen LogP contribution in [0.5, 0.6) is 0 Å². The molecular formula is C6H13O4. The van der Waals surface area contributed by atoms with Crippen molar-refractivity contribution in [2.24, 2.45) is 0 Å². The van der Waals surface area contributed by atoms with Crippen molar-refractivity contribution in [2.75, 3.05) is 6.61 Å². The Balaban J connectivity index is 3.64. The maximum absolute atomic E-state index is 8.85. The molecule has 4 heteroatoms. The molecule has 0 aliphatic rings. The van der Waals surface area contributed by atoms with Gasteiger partial charge in [-0.15, -0.1) is 0 Å². The third-order valence-electron chi connectivity index (χ3n) is 1.17. The SMILES string of the molecule is [CH2]CC(O)(O)CC(O)CO. The fourth-order valence-electron chi connectivity index (χ4n) is 0.544. The van der Waals surface area contributed by atoms with E-state index in [2.05, 4.69) is 6.92 Å². The lowest BCUT2D eigenvalue weighted by Gasteiger charge is -2.21. The largest absolute Gasteiger partial charge is 0.394 e. The molecule has 4 nitrogen and oxygen atoms in total. The lowest BCUT2D eigenvalue weighted by atomic mass is 10.1. The van der Waals surface area contributed by atoms with Gasteiger partial charge in [-0.1, -0.05) is 0 Å². The van der Waals surface area contributed by atoms with Crippen LogP contribution in [0.1, 0.15) is 12.8 Å². The number of rotatable bonds is 4. The molecule has 0 heterocycles. The van der Waals surface area contributed by atoms with E-state index in [1.807, 2.05) is 0 Å². The van der Waals surface area contributed by atoms with Crippen LogP contribution in [-0.2, 0) is 0 Å². The molecule has 10 heavy (non-hydrogen) atoms. The van der Waals surface area contributed by atoms with E-state index < -0.39 is 18.5 Å². The zero-order chi connectivity index (χ0) is 8.20. The zero-order valence-electron chi connectivity index (χ0n) is 5.69. The quantitative estimate of drug-likeness (QED) is 0.372. The molecule has 0 aromatic carbocycles. The smallest absolute Gasteiger partial charge is 0.165 e. The van der Waals surface area contributed by atoms with Crippen molar-refractivity contribution in [2.45, 2.75) is 24.7 Å². The first-order valence-corrected chi connectivity index (χ1v) is 3.05. The van der Waals surface area contributed by atoms with Crippen molar-refractivity contribution in [3.63, 3.8) is 0 Å². The van der Waals surface area contributed by atoms with E-state index in [-0.39, 0.29) is 12.8 Å². The summed E-state index contributed by atoms with van der Waals surface area (Å²) in [7, 11) is 0. The van der Waals surface area contributed by atoms with Crippen molar-refractivity contribution in [3.8, 4) is 0 Å². The average molecular weight is 149 g/mol. The van der Waals surface area contributed by atoms with Crippen LogP contribution >= 0.6 is 0 Å². The van der Waals surface area contributed by atoms with Gasteiger partial charge in [-0.25, -0.2) is 0 Å². The summed E-state index contributed by atoms with van der Waals surface area (Å²) in [5.41, 5.74) is 0. The van der Waals surface area contributed by atoms with E-state index in [1.54, 1.807) is 0 Å². The Kier molecular flexibility index (Phi) is 3.81. The summed E-state index contributed by atoms with van der Waals surface area (Å²) in [5.74, 6) is -1.96. The number of hydrogen-bond donors (Lipinski definition) is 4. The molecule has 0 bridgehead atoms. The highest BCUT2D eigenvalue weighted by Crippen LogP contribution is 2.12. The van der Waals surface area contributed by atoms with Gasteiger partial charge in [0.2, 0.25) is 0 Å². The van der Waals surface area contributed by atoms with E-state index in [0.29, 0.717) is 0 Å². The van der Waals surface area contributed by atoms with E-state index >= 15 is 0 Å². The summed E-state index contributed by atoms with van der Waals surface area (Å²) in [4.78, 5) is 0. The second-order valence-electron chi connectivity index (χ2n) is 2.27. The topological polar surface area (TPSA) is 80.9 Å². The fraction of sp³-hybridized carbons (Fsp3) is 0.833. The molecule has 0 aliphatic carbocycles. The summed E-state index contributed by atoms with van der Waals surface area (Å²) >= 11 is 0. The molecule has 1 unspecified atom stereocenters. The molecule has 1 atom stereocenters. The molecule has 4 N–H and O–H groups in total. The van der Waals surface area contributed by atoms with Crippen LogP contribution in [-0.4, -0.2) is 38.9 Å². The molecule has 0 amide bonds. The van der Waals surface area contributed by atoms with E-state index in [9.17, 15) is 0 Å². The van der Waals surface area contributed by atoms with E-state index in [4.69, 9.17) is 20.4 Å². The van der Waals surface area contributed by atoms with Crippen LogP contribution in [0.25, 0.3) is 0 Å². The van der Waals surface area contributed by atoms with Crippen LogP contribution in [0, 0.1) is 6.92 Å². The first kappa shape index (κ1) is 9.84. The second-order valence-corrected chi connectivity index (χ2v) is 2.27. The van der Waals surface area contributed by atoms with Gasteiger partial charge in [0.1, 0.15) is 0 Å². The van der Waals surface area contributed by atoms with Crippen LogP contribution in [0.15, 0.2) is 0 Å². The molecule has 0 saturated carbocycles. The highest BCUT2D eigenvalue weighted by molar-refractivity contribution is 4.70. The van der Waals surface area contributed by atoms with E-state index in [0.717, 1.165) is 0 Å². The molecular weight excluding hydrogens is 136 g/mol. The van der Waals surface area contributed by atoms with Crippen molar-refractivity contribution < 1.29 is 20.4 Å². The Bertz CT molecular complexity index is 91.7. The summed E-state index contributed by atoms with van der Waals surface area (Å²) in [6, 6.07) is 0. The van der Waals surface area contributed by atoms with Gasteiger partial charge in [0, 0.05) is 12.8 Å². The van der Waals surface area contributed by atoms with Crippen molar-refractivity contribution in [1.29, 1.82) is 0 Å². The molecule has 0 aromatic heterocycles. The van der Waals surface area contributed by atoms with E-state index in [1.165, 1.54) is 0 Å². The van der Waals surface area contributed by atoms with Gasteiger partial charge >= 0.3 is 0 Å². The fourth-order valence-corrected chi connectivity index (χ4v) is 0.544. The molecule has 0 spiro atoms. The average Bonchev–Trinajstić information content (AvgIpc) is 1.87. The minimum absolute atomic E-state index is 0.107. The van der Waals surface area contributed by atoms with Crippen molar-refractivity contribution in [1.82, 2.24) is 0 Å². The first-order valence-electron chi connectivity index (χ1n) is 3.05. The predicted molar refractivity (Wildman–Crippen MR) is 34.9 cm³/mol. The lowest BCUT2D eigenvalue weighted by molar-refractivity contribution is -0.180. The summed E-state index contributed by atoms with van der Waals surface area (Å²) < 4.78 is 0. The Morgan fingerprint density at radius 2 is 1.90 bits per heavy atom. The highest BCUT2D eigenvalue weighted by Gasteiger charge is 2.23.